The maximum Gasteiger partial charge on any atom is 0.317 e. The highest BCUT2D eigenvalue weighted by atomic mass is 16.2. The van der Waals surface area contributed by atoms with E-state index >= 15 is 0 Å². The molecule has 0 unspecified atom stereocenters. The van der Waals surface area contributed by atoms with Gasteiger partial charge in [0.1, 0.15) is 0 Å². The highest BCUT2D eigenvalue weighted by Crippen LogP contribution is 2.19. The zero-order valence-electron chi connectivity index (χ0n) is 12.6. The Labute approximate surface area is 130 Å². The predicted octanol–water partition coefficient (Wildman–Crippen LogP) is 1.11. The highest BCUT2D eigenvalue weighted by Gasteiger charge is 2.28. The molecule has 3 rings (SSSR count). The van der Waals surface area contributed by atoms with Crippen molar-refractivity contribution >= 4 is 17.6 Å². The Morgan fingerprint density at radius 3 is 2.36 bits per heavy atom. The molecule has 1 aromatic rings. The van der Waals surface area contributed by atoms with Crippen molar-refractivity contribution in [3.05, 3.63) is 30.3 Å². The van der Waals surface area contributed by atoms with Gasteiger partial charge in [0.2, 0.25) is 5.91 Å². The molecule has 0 radical (unpaired) electrons. The number of nitrogens with zero attached hydrogens (tertiary/aromatic N) is 2. The van der Waals surface area contributed by atoms with Gasteiger partial charge in [0.15, 0.2) is 0 Å². The molecular formula is C16H22N4O2. The second-order valence-electron chi connectivity index (χ2n) is 5.90. The molecule has 1 saturated heterocycles. The Morgan fingerprint density at radius 2 is 1.73 bits per heavy atom. The topological polar surface area (TPSA) is 64.7 Å². The summed E-state index contributed by atoms with van der Waals surface area (Å²) in [5.74, 6) is -0.0120. The van der Waals surface area contributed by atoms with Gasteiger partial charge in [-0.2, -0.15) is 0 Å². The number of hydrogen-bond donors (Lipinski definition) is 2. The summed E-state index contributed by atoms with van der Waals surface area (Å²) in [6.07, 6.45) is 2.21. The zero-order chi connectivity index (χ0) is 15.4. The molecule has 2 fully saturated rings. The predicted molar refractivity (Wildman–Crippen MR) is 84.6 cm³/mol. The van der Waals surface area contributed by atoms with Crippen LogP contribution in [0.15, 0.2) is 30.3 Å². The smallest absolute Gasteiger partial charge is 0.317 e. The lowest BCUT2D eigenvalue weighted by atomic mass is 10.3. The number of nitrogens with one attached hydrogen (secondary N) is 2. The normalized spacial score (nSPS) is 18.8. The third-order valence-electron chi connectivity index (χ3n) is 3.99. The second-order valence-corrected chi connectivity index (χ2v) is 5.90. The molecule has 118 valence electrons. The van der Waals surface area contributed by atoms with Gasteiger partial charge in [-0.25, -0.2) is 4.79 Å². The highest BCUT2D eigenvalue weighted by molar-refractivity contribution is 5.92. The van der Waals surface area contributed by atoms with E-state index in [1.54, 1.807) is 0 Å². The Balaban J connectivity index is 1.39. The van der Waals surface area contributed by atoms with Crippen molar-refractivity contribution in [3.63, 3.8) is 0 Å². The number of para-hydroxylation sites is 1. The molecule has 1 heterocycles. The summed E-state index contributed by atoms with van der Waals surface area (Å²) in [6.45, 7) is 3.20. The molecular weight excluding hydrogens is 280 g/mol. The summed E-state index contributed by atoms with van der Waals surface area (Å²) < 4.78 is 0. The number of hydrogen-bond acceptors (Lipinski definition) is 3. The van der Waals surface area contributed by atoms with Crippen molar-refractivity contribution in [1.82, 2.24) is 15.1 Å². The number of carbonyl (C=O) groups excluding carboxylic acids is 2. The maximum atomic E-state index is 12.0. The standard InChI is InChI=1S/C16H22N4O2/c21-15(17-13-4-2-1-3-5-13)12-19-8-10-20(11-9-19)16(22)18-14-6-7-14/h1-5,14H,6-12H2,(H,17,21)(H,18,22). The summed E-state index contributed by atoms with van der Waals surface area (Å²) >= 11 is 0. The van der Waals surface area contributed by atoms with Gasteiger partial charge in [-0.15, -0.1) is 0 Å². The first-order chi connectivity index (χ1) is 10.7. The van der Waals surface area contributed by atoms with Gasteiger partial charge in [0.05, 0.1) is 6.54 Å². The van der Waals surface area contributed by atoms with Gasteiger partial charge in [-0.1, -0.05) is 18.2 Å². The number of benzene rings is 1. The van der Waals surface area contributed by atoms with Crippen LogP contribution in [0.2, 0.25) is 0 Å². The van der Waals surface area contributed by atoms with Gasteiger partial charge in [-0.3, -0.25) is 9.69 Å². The Hall–Kier alpha value is -2.08. The second kappa shape index (κ2) is 6.79. The minimum atomic E-state index is -0.0120. The van der Waals surface area contributed by atoms with Gasteiger partial charge in [0.25, 0.3) is 0 Å². The van der Waals surface area contributed by atoms with E-state index in [1.807, 2.05) is 35.2 Å². The van der Waals surface area contributed by atoms with E-state index in [0.29, 0.717) is 25.7 Å². The third-order valence-corrected chi connectivity index (χ3v) is 3.99. The lowest BCUT2D eigenvalue weighted by Gasteiger charge is -2.34. The van der Waals surface area contributed by atoms with Crippen LogP contribution < -0.4 is 10.6 Å². The number of rotatable bonds is 4. The first-order valence-electron chi connectivity index (χ1n) is 7.83. The summed E-state index contributed by atoms with van der Waals surface area (Å²) in [4.78, 5) is 27.9. The van der Waals surface area contributed by atoms with E-state index in [1.165, 1.54) is 0 Å². The van der Waals surface area contributed by atoms with E-state index < -0.39 is 0 Å². The van der Waals surface area contributed by atoms with Crippen LogP contribution in [0.3, 0.4) is 0 Å². The number of amides is 3. The Morgan fingerprint density at radius 1 is 1.05 bits per heavy atom. The van der Waals surface area contributed by atoms with Crippen LogP contribution in [-0.4, -0.2) is 60.5 Å². The lowest BCUT2D eigenvalue weighted by molar-refractivity contribution is -0.117. The summed E-state index contributed by atoms with van der Waals surface area (Å²) in [6, 6.07) is 9.88. The summed E-state index contributed by atoms with van der Waals surface area (Å²) in [5, 5.41) is 5.89. The van der Waals surface area contributed by atoms with Gasteiger partial charge in [0, 0.05) is 37.9 Å². The molecule has 1 aromatic carbocycles. The van der Waals surface area contributed by atoms with E-state index in [9.17, 15) is 9.59 Å². The average molecular weight is 302 g/mol. The van der Waals surface area contributed by atoms with Crippen molar-refractivity contribution < 1.29 is 9.59 Å². The van der Waals surface area contributed by atoms with E-state index in [2.05, 4.69) is 15.5 Å². The first kappa shape index (κ1) is 14.8. The molecule has 22 heavy (non-hydrogen) atoms. The Kier molecular flexibility index (Phi) is 4.58. The largest absolute Gasteiger partial charge is 0.335 e. The quantitative estimate of drug-likeness (QED) is 0.876. The Bertz CT molecular complexity index is 522. The minimum Gasteiger partial charge on any atom is -0.335 e. The van der Waals surface area contributed by atoms with Crippen LogP contribution in [0, 0.1) is 0 Å². The van der Waals surface area contributed by atoms with Gasteiger partial charge < -0.3 is 15.5 Å². The number of anilines is 1. The minimum absolute atomic E-state index is 0.0120. The van der Waals surface area contributed by atoms with Crippen molar-refractivity contribution in [1.29, 1.82) is 0 Å². The van der Waals surface area contributed by atoms with Gasteiger partial charge in [-0.05, 0) is 25.0 Å². The molecule has 0 spiro atoms. The molecule has 3 amide bonds. The van der Waals surface area contributed by atoms with Crippen LogP contribution in [0.4, 0.5) is 10.5 Å². The number of carbonyl (C=O) groups is 2. The summed E-state index contributed by atoms with van der Waals surface area (Å²) in [5.41, 5.74) is 0.815. The molecule has 6 heteroatoms. The van der Waals surface area contributed by atoms with Crippen molar-refractivity contribution in [2.75, 3.05) is 38.0 Å². The van der Waals surface area contributed by atoms with Gasteiger partial charge >= 0.3 is 6.03 Å². The van der Waals surface area contributed by atoms with E-state index in [0.717, 1.165) is 31.6 Å². The molecule has 0 bridgehead atoms. The van der Waals surface area contributed by atoms with Crippen molar-refractivity contribution in [3.8, 4) is 0 Å². The van der Waals surface area contributed by atoms with E-state index in [4.69, 9.17) is 0 Å². The molecule has 1 saturated carbocycles. The monoisotopic (exact) mass is 302 g/mol. The number of urea groups is 1. The number of piperazine rings is 1. The molecule has 6 nitrogen and oxygen atoms in total. The molecule has 1 aliphatic heterocycles. The average Bonchev–Trinajstić information content (AvgIpc) is 3.33. The molecule has 2 aliphatic rings. The van der Waals surface area contributed by atoms with Crippen LogP contribution in [0.25, 0.3) is 0 Å². The molecule has 0 atom stereocenters. The molecule has 1 aliphatic carbocycles. The zero-order valence-corrected chi connectivity index (χ0v) is 12.6. The van der Waals surface area contributed by atoms with Crippen molar-refractivity contribution in [2.45, 2.75) is 18.9 Å². The fraction of sp³-hybridized carbons (Fsp3) is 0.500. The fourth-order valence-electron chi connectivity index (χ4n) is 2.53. The van der Waals surface area contributed by atoms with Crippen LogP contribution in [0.1, 0.15) is 12.8 Å². The molecule has 2 N–H and O–H groups in total. The fourth-order valence-corrected chi connectivity index (χ4v) is 2.53. The SMILES string of the molecule is O=C(CN1CCN(C(=O)NC2CC2)CC1)Nc1ccccc1. The van der Waals surface area contributed by atoms with E-state index in [-0.39, 0.29) is 11.9 Å². The molecule has 0 aromatic heterocycles. The van der Waals surface area contributed by atoms with Crippen LogP contribution in [-0.2, 0) is 4.79 Å². The lowest BCUT2D eigenvalue weighted by Crippen LogP contribution is -2.53. The maximum absolute atomic E-state index is 12.0. The van der Waals surface area contributed by atoms with Crippen LogP contribution >= 0.6 is 0 Å². The third kappa shape index (κ3) is 4.21. The summed E-state index contributed by atoms with van der Waals surface area (Å²) in [7, 11) is 0. The first-order valence-corrected chi connectivity index (χ1v) is 7.83. The van der Waals surface area contributed by atoms with Crippen LogP contribution in [0.5, 0.6) is 0 Å². The van der Waals surface area contributed by atoms with Crippen molar-refractivity contribution in [2.24, 2.45) is 0 Å².